The van der Waals surface area contributed by atoms with Crippen LogP contribution in [0.4, 0.5) is 11.5 Å². The Morgan fingerprint density at radius 2 is 1.81 bits per heavy atom. The molecule has 0 bridgehead atoms. The summed E-state index contributed by atoms with van der Waals surface area (Å²) in [6.45, 7) is 7.40. The molecule has 1 heterocycles. The van der Waals surface area contributed by atoms with E-state index in [1.165, 1.54) is 5.69 Å². The van der Waals surface area contributed by atoms with E-state index < -0.39 is 0 Å². The lowest BCUT2D eigenvalue weighted by Gasteiger charge is -2.12. The minimum Gasteiger partial charge on any atom is -0.383 e. The topological polar surface area (TPSA) is 47.1 Å². The molecule has 0 atom stereocenters. The van der Waals surface area contributed by atoms with E-state index in [1.807, 2.05) is 14.1 Å². The molecular formula is C17H26N4. The molecule has 2 aromatic rings. The van der Waals surface area contributed by atoms with Crippen molar-refractivity contribution >= 4 is 11.5 Å². The molecule has 0 radical (unpaired) electrons. The van der Waals surface area contributed by atoms with E-state index >= 15 is 0 Å². The maximum absolute atomic E-state index is 6.35. The first-order valence-corrected chi connectivity index (χ1v) is 7.59. The van der Waals surface area contributed by atoms with Gasteiger partial charge in [-0.25, -0.2) is 4.98 Å². The summed E-state index contributed by atoms with van der Waals surface area (Å²) in [5, 5.41) is 0. The van der Waals surface area contributed by atoms with Gasteiger partial charge in [0.1, 0.15) is 17.3 Å². The van der Waals surface area contributed by atoms with Gasteiger partial charge in [-0.3, -0.25) is 0 Å². The van der Waals surface area contributed by atoms with Crippen molar-refractivity contribution in [3.63, 3.8) is 0 Å². The lowest BCUT2D eigenvalue weighted by molar-refractivity contribution is 0.616. The highest BCUT2D eigenvalue weighted by Crippen LogP contribution is 2.30. The second-order valence-electron chi connectivity index (χ2n) is 5.95. The van der Waals surface area contributed by atoms with Crippen LogP contribution >= 0.6 is 0 Å². The summed E-state index contributed by atoms with van der Waals surface area (Å²) in [5.74, 6) is 2.22. The van der Waals surface area contributed by atoms with Crippen molar-refractivity contribution in [2.75, 3.05) is 24.7 Å². The van der Waals surface area contributed by atoms with Gasteiger partial charge in [-0.15, -0.1) is 0 Å². The lowest BCUT2D eigenvalue weighted by atomic mass is 10.1. The molecule has 0 saturated heterocycles. The summed E-state index contributed by atoms with van der Waals surface area (Å²) in [6.07, 6.45) is 1.05. The molecule has 0 unspecified atom stereocenters. The van der Waals surface area contributed by atoms with Gasteiger partial charge in [0.15, 0.2) is 0 Å². The molecule has 1 aromatic carbocycles. The summed E-state index contributed by atoms with van der Waals surface area (Å²) in [7, 11) is 4.08. The fraction of sp³-hybridized carbons (Fsp3) is 0.471. The Labute approximate surface area is 127 Å². The van der Waals surface area contributed by atoms with Gasteiger partial charge in [0, 0.05) is 37.8 Å². The van der Waals surface area contributed by atoms with E-state index in [0.29, 0.717) is 5.92 Å². The number of hydrogen-bond acceptors (Lipinski definition) is 3. The normalized spacial score (nSPS) is 11.1. The van der Waals surface area contributed by atoms with Crippen LogP contribution in [-0.2, 0) is 6.54 Å². The fourth-order valence-electron chi connectivity index (χ4n) is 2.51. The van der Waals surface area contributed by atoms with Gasteiger partial charge in [-0.05, 0) is 18.6 Å². The van der Waals surface area contributed by atoms with Gasteiger partial charge >= 0.3 is 0 Å². The van der Waals surface area contributed by atoms with E-state index in [2.05, 4.69) is 54.5 Å². The number of nitrogen functional groups attached to an aromatic ring is 1. The summed E-state index contributed by atoms with van der Waals surface area (Å²) in [6, 6.07) is 8.38. The maximum atomic E-state index is 6.35. The standard InChI is InChI=1S/C17H26N4/c1-6-11-21-16(18)15(19-17(21)12(2)3)13-7-9-14(10-8-13)20(4)5/h7-10,12H,6,11,18H2,1-5H3. The molecule has 0 aliphatic rings. The summed E-state index contributed by atoms with van der Waals surface area (Å²) < 4.78 is 2.15. The third-order valence-electron chi connectivity index (χ3n) is 3.66. The van der Waals surface area contributed by atoms with Gasteiger partial charge in [0.2, 0.25) is 0 Å². The van der Waals surface area contributed by atoms with Crippen LogP contribution in [0.3, 0.4) is 0 Å². The average Bonchev–Trinajstić information content (AvgIpc) is 2.77. The molecule has 0 amide bonds. The molecule has 0 fully saturated rings. The van der Waals surface area contributed by atoms with Crippen molar-refractivity contribution in [2.24, 2.45) is 0 Å². The molecule has 4 nitrogen and oxygen atoms in total. The predicted molar refractivity (Wildman–Crippen MR) is 90.8 cm³/mol. The van der Waals surface area contributed by atoms with Gasteiger partial charge < -0.3 is 15.2 Å². The highest BCUT2D eigenvalue weighted by molar-refractivity contribution is 5.72. The summed E-state index contributed by atoms with van der Waals surface area (Å²) >= 11 is 0. The molecular weight excluding hydrogens is 260 g/mol. The number of imidazole rings is 1. The Balaban J connectivity index is 2.46. The van der Waals surface area contributed by atoms with Gasteiger partial charge in [-0.1, -0.05) is 32.9 Å². The van der Waals surface area contributed by atoms with Crippen LogP contribution in [0.15, 0.2) is 24.3 Å². The number of aromatic nitrogens is 2. The largest absolute Gasteiger partial charge is 0.383 e. The zero-order valence-corrected chi connectivity index (χ0v) is 13.7. The van der Waals surface area contributed by atoms with E-state index in [9.17, 15) is 0 Å². The molecule has 0 spiro atoms. The fourth-order valence-corrected chi connectivity index (χ4v) is 2.51. The second-order valence-corrected chi connectivity index (χ2v) is 5.95. The number of rotatable bonds is 5. The van der Waals surface area contributed by atoms with Gasteiger partial charge in [-0.2, -0.15) is 0 Å². The Kier molecular flexibility index (Phi) is 4.56. The van der Waals surface area contributed by atoms with Crippen molar-refractivity contribution in [3.8, 4) is 11.3 Å². The Hall–Kier alpha value is -1.97. The monoisotopic (exact) mass is 286 g/mol. The van der Waals surface area contributed by atoms with E-state index in [1.54, 1.807) is 0 Å². The van der Waals surface area contributed by atoms with Crippen LogP contribution in [0.2, 0.25) is 0 Å². The highest BCUT2D eigenvalue weighted by Gasteiger charge is 2.17. The average molecular weight is 286 g/mol. The van der Waals surface area contributed by atoms with Crippen LogP contribution in [0, 0.1) is 0 Å². The van der Waals surface area contributed by atoms with Crippen LogP contribution < -0.4 is 10.6 Å². The third-order valence-corrected chi connectivity index (χ3v) is 3.66. The predicted octanol–water partition coefficient (Wildman–Crippen LogP) is 3.73. The van der Waals surface area contributed by atoms with E-state index in [4.69, 9.17) is 10.7 Å². The minimum atomic E-state index is 0.369. The van der Waals surface area contributed by atoms with Crippen LogP contribution in [0.5, 0.6) is 0 Å². The van der Waals surface area contributed by atoms with Crippen LogP contribution in [-0.4, -0.2) is 23.6 Å². The van der Waals surface area contributed by atoms with Crippen molar-refractivity contribution in [3.05, 3.63) is 30.1 Å². The maximum Gasteiger partial charge on any atom is 0.131 e. The second kappa shape index (κ2) is 6.20. The molecule has 1 aromatic heterocycles. The van der Waals surface area contributed by atoms with Gasteiger partial charge in [0.05, 0.1) is 0 Å². The Bertz CT molecular complexity index is 594. The van der Waals surface area contributed by atoms with Crippen molar-refractivity contribution < 1.29 is 0 Å². The SMILES string of the molecule is CCCn1c(C(C)C)nc(-c2ccc(N(C)C)cc2)c1N. The van der Waals surface area contributed by atoms with E-state index in [0.717, 1.165) is 35.9 Å². The molecule has 0 aliphatic carbocycles. The highest BCUT2D eigenvalue weighted by atomic mass is 15.1. The molecule has 0 saturated carbocycles. The van der Waals surface area contributed by atoms with Crippen LogP contribution in [0.1, 0.15) is 38.9 Å². The zero-order chi connectivity index (χ0) is 15.6. The summed E-state index contributed by atoms with van der Waals surface area (Å²) in [5.41, 5.74) is 9.50. The molecule has 0 aliphatic heterocycles. The molecule has 114 valence electrons. The zero-order valence-electron chi connectivity index (χ0n) is 13.7. The number of anilines is 2. The molecule has 4 heteroatoms. The first-order chi connectivity index (χ1) is 9.95. The van der Waals surface area contributed by atoms with E-state index in [-0.39, 0.29) is 0 Å². The molecule has 21 heavy (non-hydrogen) atoms. The first-order valence-electron chi connectivity index (χ1n) is 7.59. The number of hydrogen-bond donors (Lipinski definition) is 1. The molecule has 2 rings (SSSR count). The minimum absolute atomic E-state index is 0.369. The Morgan fingerprint density at radius 3 is 2.29 bits per heavy atom. The Morgan fingerprint density at radius 1 is 1.19 bits per heavy atom. The number of nitrogens with two attached hydrogens (primary N) is 1. The van der Waals surface area contributed by atoms with Crippen molar-refractivity contribution in [2.45, 2.75) is 39.7 Å². The number of nitrogens with zero attached hydrogens (tertiary/aromatic N) is 3. The van der Waals surface area contributed by atoms with Crippen molar-refractivity contribution in [1.29, 1.82) is 0 Å². The van der Waals surface area contributed by atoms with Crippen molar-refractivity contribution in [1.82, 2.24) is 9.55 Å². The first kappa shape index (κ1) is 15.4. The lowest BCUT2D eigenvalue weighted by Crippen LogP contribution is -2.08. The van der Waals surface area contributed by atoms with Gasteiger partial charge in [0.25, 0.3) is 0 Å². The molecule has 2 N–H and O–H groups in total. The van der Waals surface area contributed by atoms with Crippen LogP contribution in [0.25, 0.3) is 11.3 Å². The number of benzene rings is 1. The smallest absolute Gasteiger partial charge is 0.131 e. The quantitative estimate of drug-likeness (QED) is 0.911. The third kappa shape index (κ3) is 3.04. The summed E-state index contributed by atoms with van der Waals surface area (Å²) in [4.78, 5) is 6.88.